The summed E-state index contributed by atoms with van der Waals surface area (Å²) >= 11 is 0. The van der Waals surface area contributed by atoms with Crippen LogP contribution in [-0.2, 0) is 14.8 Å². The first-order chi connectivity index (χ1) is 14.8. The molecule has 1 unspecified atom stereocenters. The summed E-state index contributed by atoms with van der Waals surface area (Å²) in [5.41, 5.74) is 1.24. The Kier molecular flexibility index (Phi) is 6.98. The number of nitrogens with one attached hydrogen (secondary N) is 1. The van der Waals surface area contributed by atoms with Gasteiger partial charge in [0, 0.05) is 0 Å². The van der Waals surface area contributed by atoms with E-state index in [4.69, 9.17) is 0 Å². The fourth-order valence-corrected chi connectivity index (χ4v) is 4.21. The Morgan fingerprint density at radius 3 is 2.16 bits per heavy atom. The minimum atomic E-state index is -4.06. The highest BCUT2D eigenvalue weighted by Crippen LogP contribution is 2.27. The van der Waals surface area contributed by atoms with Crippen molar-refractivity contribution in [2.24, 2.45) is 0 Å². The predicted molar refractivity (Wildman–Crippen MR) is 109 cm³/mol. The quantitative estimate of drug-likeness (QED) is 0.525. The zero-order chi connectivity index (χ0) is 22.4. The van der Waals surface area contributed by atoms with E-state index < -0.39 is 28.6 Å². The molecule has 0 radical (unpaired) electrons. The predicted octanol–water partition coefficient (Wildman–Crippen LogP) is 4.14. The minimum absolute atomic E-state index is 0.0424. The highest BCUT2D eigenvalue weighted by molar-refractivity contribution is 7.89. The average molecular weight is 447 g/mol. The van der Waals surface area contributed by atoms with Gasteiger partial charge in [0.1, 0.15) is 5.75 Å². The van der Waals surface area contributed by atoms with Crippen LogP contribution < -0.4 is 9.46 Å². The number of benzene rings is 3. The number of carbonyl (C=O) groups is 1. The lowest BCUT2D eigenvalue weighted by Gasteiger charge is -2.20. The molecular weight excluding hydrogens is 428 g/mol. The van der Waals surface area contributed by atoms with Crippen LogP contribution in [0.2, 0.25) is 0 Å². The van der Waals surface area contributed by atoms with Crippen LogP contribution in [0, 0.1) is 0 Å². The van der Waals surface area contributed by atoms with E-state index in [-0.39, 0.29) is 16.2 Å². The largest absolute Gasteiger partial charge is 0.465 e. The number of hydrogen-bond acceptors (Lipinski definition) is 5. The molecule has 9 heteroatoms. The first-order valence-electron chi connectivity index (χ1n) is 9.10. The Labute approximate surface area is 178 Å². The second-order valence-electron chi connectivity index (χ2n) is 6.43. The summed E-state index contributed by atoms with van der Waals surface area (Å²) in [6, 6.07) is 19.1. The Morgan fingerprint density at radius 2 is 1.55 bits per heavy atom. The zero-order valence-corrected chi connectivity index (χ0v) is 17.2. The number of esters is 1. The van der Waals surface area contributed by atoms with Crippen LogP contribution in [0.15, 0.2) is 83.8 Å². The van der Waals surface area contributed by atoms with Gasteiger partial charge in [0.25, 0.3) is 0 Å². The highest BCUT2D eigenvalue weighted by atomic mass is 32.2. The van der Waals surface area contributed by atoms with Crippen molar-refractivity contribution in [1.29, 1.82) is 0 Å². The lowest BCUT2D eigenvalue weighted by atomic mass is 10.00. The highest BCUT2D eigenvalue weighted by Gasteiger charge is 2.24. The molecule has 0 aliphatic carbocycles. The van der Waals surface area contributed by atoms with Crippen molar-refractivity contribution < 1.29 is 31.5 Å². The van der Waals surface area contributed by atoms with E-state index in [1.54, 1.807) is 30.3 Å². The lowest BCUT2D eigenvalue weighted by molar-refractivity contribution is -0.0498. The molecule has 0 spiro atoms. The first kappa shape index (κ1) is 22.4. The van der Waals surface area contributed by atoms with E-state index in [1.807, 2.05) is 0 Å². The van der Waals surface area contributed by atoms with Gasteiger partial charge in [-0.25, -0.2) is 13.2 Å². The van der Waals surface area contributed by atoms with Gasteiger partial charge >= 0.3 is 12.6 Å². The molecule has 0 aliphatic heterocycles. The first-order valence-corrected chi connectivity index (χ1v) is 10.6. The van der Waals surface area contributed by atoms with Crippen molar-refractivity contribution in [3.8, 4) is 5.75 Å². The van der Waals surface area contributed by atoms with E-state index in [9.17, 15) is 22.0 Å². The van der Waals surface area contributed by atoms with Gasteiger partial charge in [-0.05, 0) is 41.5 Å². The van der Waals surface area contributed by atoms with Gasteiger partial charge in [0.15, 0.2) is 0 Å². The van der Waals surface area contributed by atoms with Crippen LogP contribution in [0.1, 0.15) is 27.5 Å². The standard InChI is InChI=1S/C22H19F2NO5S/c1-29-21(26)17-8-5-9-19(14-17)31(27,28)25-20(15-6-3-2-4-7-15)16-10-12-18(13-11-16)30-22(23)24/h2-14,20,22,25H,1H3. The van der Waals surface area contributed by atoms with E-state index in [0.29, 0.717) is 11.1 Å². The van der Waals surface area contributed by atoms with Gasteiger partial charge in [-0.3, -0.25) is 0 Å². The molecule has 0 aromatic heterocycles. The summed E-state index contributed by atoms with van der Waals surface area (Å²) in [6.45, 7) is -2.96. The summed E-state index contributed by atoms with van der Waals surface area (Å²) in [5, 5.41) is 0. The Balaban J connectivity index is 1.97. The fourth-order valence-electron chi connectivity index (χ4n) is 2.95. The van der Waals surface area contributed by atoms with Gasteiger partial charge in [0.05, 0.1) is 23.6 Å². The monoisotopic (exact) mass is 447 g/mol. The maximum atomic E-state index is 13.1. The minimum Gasteiger partial charge on any atom is -0.465 e. The molecule has 3 aromatic rings. The fraction of sp³-hybridized carbons (Fsp3) is 0.136. The number of carbonyl (C=O) groups excluding carboxylic acids is 1. The number of alkyl halides is 2. The van der Waals surface area contributed by atoms with E-state index in [2.05, 4.69) is 14.2 Å². The van der Waals surface area contributed by atoms with Gasteiger partial charge in [-0.1, -0.05) is 48.5 Å². The van der Waals surface area contributed by atoms with Crippen LogP contribution in [0.3, 0.4) is 0 Å². The lowest BCUT2D eigenvalue weighted by Crippen LogP contribution is -2.29. The normalized spacial score (nSPS) is 12.4. The topological polar surface area (TPSA) is 81.7 Å². The molecule has 31 heavy (non-hydrogen) atoms. The number of halogens is 2. The molecule has 0 fully saturated rings. The average Bonchev–Trinajstić information content (AvgIpc) is 2.78. The molecule has 1 atom stereocenters. The number of methoxy groups -OCH3 is 1. The van der Waals surface area contributed by atoms with Crippen molar-refractivity contribution in [1.82, 2.24) is 4.72 Å². The molecule has 3 rings (SSSR count). The Bertz CT molecular complexity index is 1140. The van der Waals surface area contributed by atoms with Crippen LogP contribution in [0.25, 0.3) is 0 Å². The van der Waals surface area contributed by atoms with Crippen LogP contribution >= 0.6 is 0 Å². The number of rotatable bonds is 8. The van der Waals surface area contributed by atoms with E-state index in [0.717, 1.165) is 0 Å². The number of hydrogen-bond donors (Lipinski definition) is 1. The maximum Gasteiger partial charge on any atom is 0.387 e. The molecule has 0 bridgehead atoms. The summed E-state index contributed by atoms with van der Waals surface area (Å²) < 4.78 is 62.6. The van der Waals surface area contributed by atoms with Crippen molar-refractivity contribution in [2.45, 2.75) is 17.5 Å². The van der Waals surface area contributed by atoms with E-state index >= 15 is 0 Å². The number of ether oxygens (including phenoxy) is 2. The molecule has 0 amide bonds. The second kappa shape index (κ2) is 9.67. The van der Waals surface area contributed by atoms with Crippen molar-refractivity contribution in [2.75, 3.05) is 7.11 Å². The zero-order valence-electron chi connectivity index (χ0n) is 16.4. The summed E-state index contributed by atoms with van der Waals surface area (Å²) in [7, 11) is -2.86. The van der Waals surface area contributed by atoms with Gasteiger partial charge in [-0.2, -0.15) is 13.5 Å². The Hall–Kier alpha value is -3.30. The SMILES string of the molecule is COC(=O)c1cccc(S(=O)(=O)NC(c2ccccc2)c2ccc(OC(F)F)cc2)c1. The molecule has 3 aromatic carbocycles. The van der Waals surface area contributed by atoms with Gasteiger partial charge < -0.3 is 9.47 Å². The molecule has 0 heterocycles. The van der Waals surface area contributed by atoms with Crippen LogP contribution in [-0.4, -0.2) is 28.1 Å². The third-order valence-electron chi connectivity index (χ3n) is 4.41. The molecular formula is C22H19F2NO5S. The van der Waals surface area contributed by atoms with Gasteiger partial charge in [-0.15, -0.1) is 0 Å². The maximum absolute atomic E-state index is 13.1. The molecule has 0 aliphatic rings. The van der Waals surface area contributed by atoms with Gasteiger partial charge in [0.2, 0.25) is 10.0 Å². The summed E-state index contributed by atoms with van der Waals surface area (Å²) in [4.78, 5) is 11.6. The molecule has 162 valence electrons. The molecule has 0 saturated carbocycles. The van der Waals surface area contributed by atoms with Crippen molar-refractivity contribution in [3.63, 3.8) is 0 Å². The third kappa shape index (κ3) is 5.65. The van der Waals surface area contributed by atoms with Crippen molar-refractivity contribution in [3.05, 3.63) is 95.6 Å². The summed E-state index contributed by atoms with van der Waals surface area (Å²) in [5.74, 6) is -0.703. The second-order valence-corrected chi connectivity index (χ2v) is 8.15. The number of sulfonamides is 1. The Morgan fingerprint density at radius 1 is 0.903 bits per heavy atom. The van der Waals surface area contributed by atoms with Crippen molar-refractivity contribution >= 4 is 16.0 Å². The van der Waals surface area contributed by atoms with Crippen LogP contribution in [0.4, 0.5) is 8.78 Å². The molecule has 0 saturated heterocycles. The smallest absolute Gasteiger partial charge is 0.387 e. The molecule has 1 N–H and O–H groups in total. The van der Waals surface area contributed by atoms with E-state index in [1.165, 1.54) is 55.6 Å². The summed E-state index contributed by atoms with van der Waals surface area (Å²) in [6.07, 6.45) is 0. The third-order valence-corrected chi connectivity index (χ3v) is 5.83. The molecule has 6 nitrogen and oxygen atoms in total. The van der Waals surface area contributed by atoms with Crippen LogP contribution in [0.5, 0.6) is 5.75 Å².